The second kappa shape index (κ2) is 8.10. The van der Waals surface area contributed by atoms with Gasteiger partial charge in [-0.1, -0.05) is 34.6 Å². The average Bonchev–Trinajstić information content (AvgIpc) is 2.74. The Morgan fingerprint density at radius 2 is 1.94 bits per heavy atom. The molecular formula is C15H30N2. The van der Waals surface area contributed by atoms with Crippen LogP contribution in [0.1, 0.15) is 56.3 Å². The number of hydrogen-bond acceptors (Lipinski definition) is 2. The standard InChI is InChI=1S/C13H22N2.C2H6.H2/c1-6-11-8-12(14-7-2)13(15-11)10(5)9(3)4;1-2;/h8-9,15H,6-7H2,1-5H3;1-2H3;1H/b13-10-,14-12?;;. The predicted octanol–water partition coefficient (Wildman–Crippen LogP) is 4.55. The van der Waals surface area contributed by atoms with E-state index in [0.717, 1.165) is 18.7 Å². The monoisotopic (exact) mass is 238 g/mol. The summed E-state index contributed by atoms with van der Waals surface area (Å²) in [5.41, 5.74) is 5.02. The molecule has 2 nitrogen and oxygen atoms in total. The van der Waals surface area contributed by atoms with Gasteiger partial charge in [-0.2, -0.15) is 0 Å². The summed E-state index contributed by atoms with van der Waals surface area (Å²) in [6, 6.07) is 0. The lowest BCUT2D eigenvalue weighted by Gasteiger charge is -2.12. The second-order valence-electron chi connectivity index (χ2n) is 4.22. The van der Waals surface area contributed by atoms with Gasteiger partial charge < -0.3 is 5.32 Å². The first-order valence-corrected chi connectivity index (χ1v) is 6.83. The molecule has 0 aliphatic carbocycles. The molecular weight excluding hydrogens is 208 g/mol. The zero-order valence-corrected chi connectivity index (χ0v) is 12.5. The number of rotatable bonds is 3. The number of hydrogen-bond donors (Lipinski definition) is 1. The van der Waals surface area contributed by atoms with Gasteiger partial charge in [0.1, 0.15) is 0 Å². The molecule has 0 fully saturated rings. The van der Waals surface area contributed by atoms with Crippen LogP contribution in [0, 0.1) is 5.92 Å². The maximum Gasteiger partial charge on any atom is 0.0825 e. The summed E-state index contributed by atoms with van der Waals surface area (Å²) in [4.78, 5) is 4.53. The molecule has 0 saturated carbocycles. The summed E-state index contributed by atoms with van der Waals surface area (Å²) in [5.74, 6) is 0.569. The zero-order chi connectivity index (χ0) is 13.4. The first kappa shape index (κ1) is 16.0. The molecule has 0 aromatic carbocycles. The van der Waals surface area contributed by atoms with Crippen molar-refractivity contribution in [2.75, 3.05) is 6.54 Å². The second-order valence-corrected chi connectivity index (χ2v) is 4.22. The Labute approximate surface area is 108 Å². The molecule has 0 aromatic rings. The van der Waals surface area contributed by atoms with Gasteiger partial charge in [-0.15, -0.1) is 0 Å². The van der Waals surface area contributed by atoms with Crippen LogP contribution in [0.5, 0.6) is 0 Å². The quantitative estimate of drug-likeness (QED) is 0.766. The summed E-state index contributed by atoms with van der Waals surface area (Å²) in [5, 5.41) is 3.47. The minimum absolute atomic E-state index is 0. The van der Waals surface area contributed by atoms with Crippen LogP contribution in [0.2, 0.25) is 0 Å². The molecule has 100 valence electrons. The average molecular weight is 238 g/mol. The molecule has 2 heteroatoms. The lowest BCUT2D eigenvalue weighted by molar-refractivity contribution is 0.749. The molecule has 1 aliphatic heterocycles. The molecule has 1 N–H and O–H groups in total. The van der Waals surface area contributed by atoms with Crippen molar-refractivity contribution in [3.8, 4) is 0 Å². The minimum atomic E-state index is 0. The van der Waals surface area contributed by atoms with Crippen molar-refractivity contribution >= 4 is 5.71 Å². The number of nitrogens with one attached hydrogen (secondary N) is 1. The van der Waals surface area contributed by atoms with Crippen molar-refractivity contribution in [3.05, 3.63) is 23.0 Å². The molecule has 0 radical (unpaired) electrons. The van der Waals surface area contributed by atoms with Gasteiger partial charge in [0.25, 0.3) is 0 Å². The highest BCUT2D eigenvalue weighted by atomic mass is 15.0. The number of allylic oxidation sites excluding steroid dienone is 3. The van der Waals surface area contributed by atoms with E-state index in [1.165, 1.54) is 17.0 Å². The zero-order valence-electron chi connectivity index (χ0n) is 12.5. The molecule has 0 aromatic heterocycles. The fraction of sp³-hybridized carbons (Fsp3) is 0.667. The maximum absolute atomic E-state index is 4.53. The predicted molar refractivity (Wildman–Crippen MR) is 80.5 cm³/mol. The van der Waals surface area contributed by atoms with E-state index in [1.54, 1.807) is 0 Å². The summed E-state index contributed by atoms with van der Waals surface area (Å²) < 4.78 is 0. The van der Waals surface area contributed by atoms with E-state index < -0.39 is 0 Å². The van der Waals surface area contributed by atoms with Crippen LogP contribution in [-0.2, 0) is 0 Å². The van der Waals surface area contributed by atoms with Crippen LogP contribution in [0.25, 0.3) is 0 Å². The first-order chi connectivity index (χ1) is 8.10. The van der Waals surface area contributed by atoms with E-state index in [1.807, 2.05) is 13.8 Å². The SMILES string of the molecule is CC.CCN=C1C=C(CC)N/C1=C(/C)C(C)C.[HH]. The molecule has 0 bridgehead atoms. The Morgan fingerprint density at radius 1 is 1.35 bits per heavy atom. The normalized spacial score (nSPS) is 19.8. The van der Waals surface area contributed by atoms with Crippen LogP contribution in [-0.4, -0.2) is 12.3 Å². The van der Waals surface area contributed by atoms with Gasteiger partial charge in [0, 0.05) is 13.7 Å². The Morgan fingerprint density at radius 3 is 2.35 bits per heavy atom. The van der Waals surface area contributed by atoms with Crippen molar-refractivity contribution in [1.29, 1.82) is 0 Å². The van der Waals surface area contributed by atoms with Crippen molar-refractivity contribution in [1.82, 2.24) is 5.32 Å². The van der Waals surface area contributed by atoms with Crippen molar-refractivity contribution in [2.24, 2.45) is 10.9 Å². The largest absolute Gasteiger partial charge is 0.357 e. The minimum Gasteiger partial charge on any atom is -0.357 e. The van der Waals surface area contributed by atoms with Crippen molar-refractivity contribution < 1.29 is 1.43 Å². The smallest absolute Gasteiger partial charge is 0.0825 e. The molecule has 1 rings (SSSR count). The Balaban J connectivity index is 0. The van der Waals surface area contributed by atoms with Crippen LogP contribution in [0.4, 0.5) is 0 Å². The summed E-state index contributed by atoms with van der Waals surface area (Å²) in [6.07, 6.45) is 3.21. The highest BCUT2D eigenvalue weighted by Crippen LogP contribution is 2.21. The lowest BCUT2D eigenvalue weighted by atomic mass is 10.0. The van der Waals surface area contributed by atoms with Crippen LogP contribution in [0.15, 0.2) is 28.0 Å². The van der Waals surface area contributed by atoms with Gasteiger partial charge >= 0.3 is 0 Å². The van der Waals surface area contributed by atoms with Gasteiger partial charge in [0.05, 0.1) is 11.4 Å². The van der Waals surface area contributed by atoms with Gasteiger partial charge in [-0.05, 0) is 37.8 Å². The van der Waals surface area contributed by atoms with Crippen molar-refractivity contribution in [3.63, 3.8) is 0 Å². The van der Waals surface area contributed by atoms with Crippen LogP contribution < -0.4 is 5.32 Å². The van der Waals surface area contributed by atoms with Crippen LogP contribution in [0.3, 0.4) is 0 Å². The lowest BCUT2D eigenvalue weighted by Crippen LogP contribution is -2.14. The van der Waals surface area contributed by atoms with Gasteiger partial charge in [-0.25, -0.2) is 0 Å². The highest BCUT2D eigenvalue weighted by molar-refractivity contribution is 6.11. The maximum atomic E-state index is 4.53. The fourth-order valence-corrected chi connectivity index (χ4v) is 1.57. The van der Waals surface area contributed by atoms with Gasteiger partial charge in [-0.3, -0.25) is 4.99 Å². The molecule has 1 aliphatic rings. The third-order valence-corrected chi connectivity index (χ3v) is 2.82. The number of aliphatic imine (C=N–C) groups is 1. The van der Waals surface area contributed by atoms with Crippen molar-refractivity contribution in [2.45, 2.75) is 54.9 Å². The van der Waals surface area contributed by atoms with E-state index in [9.17, 15) is 0 Å². The van der Waals surface area contributed by atoms with E-state index >= 15 is 0 Å². The Bertz CT molecular complexity index is 325. The van der Waals surface area contributed by atoms with Gasteiger partial charge in [0.2, 0.25) is 0 Å². The van der Waals surface area contributed by atoms with E-state index in [4.69, 9.17) is 0 Å². The van der Waals surface area contributed by atoms with Crippen LogP contribution >= 0.6 is 0 Å². The Kier molecular flexibility index (Phi) is 7.60. The topological polar surface area (TPSA) is 24.4 Å². The molecule has 0 unspecified atom stereocenters. The molecule has 1 heterocycles. The molecule has 0 spiro atoms. The van der Waals surface area contributed by atoms with E-state index in [0.29, 0.717) is 5.92 Å². The third kappa shape index (κ3) is 4.37. The molecule has 0 atom stereocenters. The van der Waals surface area contributed by atoms with E-state index in [2.05, 4.69) is 51.0 Å². The summed E-state index contributed by atoms with van der Waals surface area (Å²) >= 11 is 0. The fourth-order valence-electron chi connectivity index (χ4n) is 1.57. The summed E-state index contributed by atoms with van der Waals surface area (Å²) in [6.45, 7) is 15.7. The molecule has 0 amide bonds. The Hall–Kier alpha value is -1.05. The number of nitrogens with zero attached hydrogens (tertiary/aromatic N) is 1. The molecule has 0 saturated heterocycles. The highest BCUT2D eigenvalue weighted by Gasteiger charge is 2.18. The first-order valence-electron chi connectivity index (χ1n) is 6.83. The molecule has 17 heavy (non-hydrogen) atoms. The third-order valence-electron chi connectivity index (χ3n) is 2.82. The summed E-state index contributed by atoms with van der Waals surface area (Å²) in [7, 11) is 0. The van der Waals surface area contributed by atoms with Gasteiger partial charge in [0.15, 0.2) is 0 Å². The van der Waals surface area contributed by atoms with E-state index in [-0.39, 0.29) is 1.43 Å².